The first-order chi connectivity index (χ1) is 15.8. The van der Waals surface area contributed by atoms with Crippen LogP contribution in [0, 0.1) is 18.8 Å². The van der Waals surface area contributed by atoms with Crippen molar-refractivity contribution in [2.24, 2.45) is 11.8 Å². The summed E-state index contributed by atoms with van der Waals surface area (Å²) in [6.45, 7) is 11.0. The number of aryl methyl sites for hydroxylation is 1. The van der Waals surface area contributed by atoms with E-state index in [2.05, 4.69) is 41.6 Å². The molecule has 1 saturated carbocycles. The second kappa shape index (κ2) is 11.7. The third-order valence-electron chi connectivity index (χ3n) is 6.40. The van der Waals surface area contributed by atoms with E-state index < -0.39 is 0 Å². The maximum absolute atomic E-state index is 12.9. The van der Waals surface area contributed by atoms with Crippen LogP contribution in [0.2, 0.25) is 0 Å². The Kier molecular flexibility index (Phi) is 8.95. The molecule has 0 unspecified atom stereocenters. The monoisotopic (exact) mass is 471 g/mol. The lowest BCUT2D eigenvalue weighted by atomic mass is 9.86. The quantitative estimate of drug-likeness (QED) is 0.525. The van der Waals surface area contributed by atoms with E-state index >= 15 is 0 Å². The highest BCUT2D eigenvalue weighted by atomic mass is 32.2. The molecule has 1 heterocycles. The summed E-state index contributed by atoms with van der Waals surface area (Å²) in [6.07, 6.45) is 4.67. The molecule has 3 atom stereocenters. The van der Waals surface area contributed by atoms with Crippen molar-refractivity contribution in [1.29, 1.82) is 0 Å². The summed E-state index contributed by atoms with van der Waals surface area (Å²) in [7, 11) is 0. The number of benzene rings is 1. The van der Waals surface area contributed by atoms with Gasteiger partial charge >= 0.3 is 0 Å². The van der Waals surface area contributed by atoms with Gasteiger partial charge in [0.1, 0.15) is 0 Å². The predicted molar refractivity (Wildman–Crippen MR) is 132 cm³/mol. The number of nitrogens with one attached hydrogen (secondary N) is 2. The van der Waals surface area contributed by atoms with Gasteiger partial charge in [0, 0.05) is 18.2 Å². The van der Waals surface area contributed by atoms with E-state index in [-0.39, 0.29) is 29.8 Å². The summed E-state index contributed by atoms with van der Waals surface area (Å²) in [5, 5.41) is 15.8. The molecule has 0 bridgehead atoms. The van der Waals surface area contributed by atoms with Crippen LogP contribution in [-0.2, 0) is 11.3 Å². The fourth-order valence-corrected chi connectivity index (χ4v) is 5.12. The van der Waals surface area contributed by atoms with E-state index in [1.807, 2.05) is 42.7 Å². The molecular weight excluding hydrogens is 434 g/mol. The first-order valence-electron chi connectivity index (χ1n) is 12.0. The van der Waals surface area contributed by atoms with Crippen LogP contribution in [0.15, 0.2) is 29.4 Å². The normalized spacial score (nSPS) is 19.3. The van der Waals surface area contributed by atoms with Gasteiger partial charge in [-0.2, -0.15) is 0 Å². The molecule has 8 heteroatoms. The molecule has 0 radical (unpaired) electrons. The lowest BCUT2D eigenvalue weighted by Crippen LogP contribution is -2.41. The summed E-state index contributed by atoms with van der Waals surface area (Å²) in [6, 6.07) is 7.52. The Morgan fingerprint density at radius 3 is 2.48 bits per heavy atom. The van der Waals surface area contributed by atoms with Gasteiger partial charge in [-0.3, -0.25) is 9.59 Å². The van der Waals surface area contributed by atoms with Crippen LogP contribution < -0.4 is 10.6 Å². The molecule has 2 amide bonds. The Balaban J connectivity index is 1.67. The Labute approximate surface area is 201 Å². The molecule has 1 aromatic heterocycles. The van der Waals surface area contributed by atoms with Crippen LogP contribution in [0.5, 0.6) is 0 Å². The lowest BCUT2D eigenvalue weighted by molar-refractivity contribution is -0.119. The Morgan fingerprint density at radius 1 is 1.15 bits per heavy atom. The maximum atomic E-state index is 12.9. The second-order valence-corrected chi connectivity index (χ2v) is 10.3. The van der Waals surface area contributed by atoms with E-state index in [0.29, 0.717) is 28.9 Å². The summed E-state index contributed by atoms with van der Waals surface area (Å²) < 4.78 is 2.00. The van der Waals surface area contributed by atoms with Gasteiger partial charge in [-0.25, -0.2) is 0 Å². The summed E-state index contributed by atoms with van der Waals surface area (Å²) in [5.74, 6) is 1.60. The average Bonchev–Trinajstić information content (AvgIpc) is 3.20. The maximum Gasteiger partial charge on any atom is 0.251 e. The fourth-order valence-electron chi connectivity index (χ4n) is 4.30. The van der Waals surface area contributed by atoms with Gasteiger partial charge in [-0.15, -0.1) is 10.2 Å². The zero-order valence-electron chi connectivity index (χ0n) is 20.4. The van der Waals surface area contributed by atoms with E-state index in [4.69, 9.17) is 0 Å². The lowest BCUT2D eigenvalue weighted by Gasteiger charge is -2.29. The Bertz CT molecular complexity index is 941. The number of hydrogen-bond acceptors (Lipinski definition) is 5. The molecule has 0 saturated heterocycles. The SMILES string of the molecule is CCn1c(SCC(=O)N[C@@H]2CCCC[C@H]2C)nnc1[C@@H](NC(=O)c1ccc(C)cc1)C(C)C. The number of amides is 2. The molecule has 33 heavy (non-hydrogen) atoms. The predicted octanol–water partition coefficient (Wildman–Crippen LogP) is 4.52. The molecular formula is C25H37N5O2S. The highest BCUT2D eigenvalue weighted by Crippen LogP contribution is 2.26. The van der Waals surface area contributed by atoms with Crippen LogP contribution in [-0.4, -0.2) is 38.4 Å². The molecule has 2 N–H and O–H groups in total. The Morgan fingerprint density at radius 2 is 1.85 bits per heavy atom. The minimum Gasteiger partial charge on any atom is -0.352 e. The number of carbonyl (C=O) groups excluding carboxylic acids is 2. The van der Waals surface area contributed by atoms with Crippen molar-refractivity contribution in [1.82, 2.24) is 25.4 Å². The first-order valence-corrected chi connectivity index (χ1v) is 13.0. The largest absolute Gasteiger partial charge is 0.352 e. The molecule has 180 valence electrons. The number of aromatic nitrogens is 3. The van der Waals surface area contributed by atoms with E-state index in [1.165, 1.54) is 31.0 Å². The van der Waals surface area contributed by atoms with Gasteiger partial charge in [-0.05, 0) is 50.7 Å². The zero-order chi connectivity index (χ0) is 24.0. The van der Waals surface area contributed by atoms with Gasteiger partial charge < -0.3 is 15.2 Å². The molecule has 7 nitrogen and oxygen atoms in total. The molecule has 1 aliphatic carbocycles. The van der Waals surface area contributed by atoms with Crippen molar-refractivity contribution in [3.05, 3.63) is 41.2 Å². The van der Waals surface area contributed by atoms with Crippen LogP contribution in [0.3, 0.4) is 0 Å². The van der Waals surface area contributed by atoms with Gasteiger partial charge in [0.25, 0.3) is 5.91 Å². The van der Waals surface area contributed by atoms with Crippen molar-refractivity contribution in [3.63, 3.8) is 0 Å². The molecule has 1 aliphatic rings. The molecule has 2 aromatic rings. The van der Waals surface area contributed by atoms with E-state index in [0.717, 1.165) is 17.8 Å². The van der Waals surface area contributed by atoms with Crippen molar-refractivity contribution in [3.8, 4) is 0 Å². The van der Waals surface area contributed by atoms with Crippen LogP contribution >= 0.6 is 11.8 Å². The second-order valence-electron chi connectivity index (χ2n) is 9.37. The smallest absolute Gasteiger partial charge is 0.251 e. The minimum atomic E-state index is -0.280. The number of carbonyl (C=O) groups is 2. The topological polar surface area (TPSA) is 88.9 Å². The van der Waals surface area contributed by atoms with Crippen molar-refractivity contribution < 1.29 is 9.59 Å². The Hall–Kier alpha value is -2.35. The van der Waals surface area contributed by atoms with Gasteiger partial charge in [-0.1, -0.05) is 63.1 Å². The van der Waals surface area contributed by atoms with E-state index in [1.54, 1.807) is 0 Å². The van der Waals surface area contributed by atoms with Gasteiger partial charge in [0.05, 0.1) is 11.8 Å². The summed E-state index contributed by atoms with van der Waals surface area (Å²) >= 11 is 1.40. The number of hydrogen-bond donors (Lipinski definition) is 2. The van der Waals surface area contributed by atoms with Crippen molar-refractivity contribution >= 4 is 23.6 Å². The summed E-state index contributed by atoms with van der Waals surface area (Å²) in [4.78, 5) is 25.4. The molecule has 1 aromatic carbocycles. The van der Waals surface area contributed by atoms with E-state index in [9.17, 15) is 9.59 Å². The average molecular weight is 472 g/mol. The number of rotatable bonds is 9. The van der Waals surface area contributed by atoms with Crippen LogP contribution in [0.1, 0.15) is 81.2 Å². The first kappa shape index (κ1) is 25.3. The third-order valence-corrected chi connectivity index (χ3v) is 7.36. The molecule has 0 spiro atoms. The fraction of sp³-hybridized carbons (Fsp3) is 0.600. The van der Waals surface area contributed by atoms with Gasteiger partial charge in [0.2, 0.25) is 5.91 Å². The number of nitrogens with zero attached hydrogens (tertiary/aromatic N) is 3. The molecule has 0 aliphatic heterocycles. The third kappa shape index (κ3) is 6.59. The number of thioether (sulfide) groups is 1. The van der Waals surface area contributed by atoms with Crippen LogP contribution in [0.25, 0.3) is 0 Å². The molecule has 1 fully saturated rings. The highest BCUT2D eigenvalue weighted by molar-refractivity contribution is 7.99. The minimum absolute atomic E-state index is 0.0408. The highest BCUT2D eigenvalue weighted by Gasteiger charge is 2.27. The zero-order valence-corrected chi connectivity index (χ0v) is 21.2. The standard InChI is InChI=1S/C25H37N5O2S/c1-6-30-23(22(16(2)3)27-24(32)19-13-11-17(4)12-14-19)28-29-25(30)33-15-21(31)26-20-10-8-7-9-18(20)5/h11-14,16,18,20,22H,6-10,15H2,1-5H3,(H,26,31)(H,27,32)/t18-,20-,22+/m1/s1. The van der Waals surface area contributed by atoms with Crippen molar-refractivity contribution in [2.75, 3.05) is 5.75 Å². The summed E-state index contributed by atoms with van der Waals surface area (Å²) in [5.41, 5.74) is 1.73. The van der Waals surface area contributed by atoms with Crippen LogP contribution in [0.4, 0.5) is 0 Å². The van der Waals surface area contributed by atoms with Crippen molar-refractivity contribution in [2.45, 2.75) is 84.1 Å². The molecule has 3 rings (SSSR count). The van der Waals surface area contributed by atoms with Gasteiger partial charge in [0.15, 0.2) is 11.0 Å².